The number of rotatable bonds is 2. The van der Waals surface area contributed by atoms with Crippen LogP contribution in [-0.2, 0) is 0 Å². The quantitative estimate of drug-likeness (QED) is 0.686. The first kappa shape index (κ1) is 9.86. The number of hydrogen-bond donors (Lipinski definition) is 1. The molecule has 68 valence electrons. The first-order valence-corrected chi connectivity index (χ1v) is 5.63. The Balaban J connectivity index is 2.71. The summed E-state index contributed by atoms with van der Waals surface area (Å²) in [4.78, 5) is 3.08. The predicted octanol–water partition coefficient (Wildman–Crippen LogP) is 1.79. The molecule has 1 rings (SSSR count). The summed E-state index contributed by atoms with van der Waals surface area (Å²) >= 11 is 6.81. The molecule has 1 aliphatic rings. The molecule has 1 N–H and O–H groups in total. The molecule has 0 aromatic rings. The van der Waals surface area contributed by atoms with Crippen LogP contribution in [0.2, 0.25) is 0 Å². The van der Waals surface area contributed by atoms with Gasteiger partial charge in [0.05, 0.1) is 0 Å². The van der Waals surface area contributed by atoms with Crippen molar-refractivity contribution in [3.8, 4) is 0 Å². The van der Waals surface area contributed by atoms with E-state index in [1.54, 1.807) is 11.8 Å². The van der Waals surface area contributed by atoms with Gasteiger partial charge in [0, 0.05) is 12.2 Å². The molecule has 12 heavy (non-hydrogen) atoms. The summed E-state index contributed by atoms with van der Waals surface area (Å²) in [7, 11) is 0. The van der Waals surface area contributed by atoms with E-state index < -0.39 is 0 Å². The summed E-state index contributed by atoms with van der Waals surface area (Å²) in [6, 6.07) is 0.509. The van der Waals surface area contributed by atoms with Crippen LogP contribution < -0.4 is 5.32 Å². The van der Waals surface area contributed by atoms with Crippen LogP contribution in [-0.4, -0.2) is 27.7 Å². The van der Waals surface area contributed by atoms with Gasteiger partial charge >= 0.3 is 0 Å². The van der Waals surface area contributed by atoms with Crippen LogP contribution in [0.25, 0.3) is 0 Å². The fourth-order valence-electron chi connectivity index (χ4n) is 1.10. The lowest BCUT2D eigenvalue weighted by Gasteiger charge is -2.36. The average molecular weight is 202 g/mol. The smallest absolute Gasteiger partial charge is 0.148 e. The molecule has 0 amide bonds. The molecule has 0 radical (unpaired) electrons. The molecular formula is C8H14N2S2. The second-order valence-electron chi connectivity index (χ2n) is 2.95. The maximum Gasteiger partial charge on any atom is 0.148 e. The maximum absolute atomic E-state index is 5.05. The first-order valence-electron chi connectivity index (χ1n) is 3.94. The third-order valence-corrected chi connectivity index (χ3v) is 2.82. The molecule has 1 heterocycles. The Kier molecular flexibility index (Phi) is 3.40. The van der Waals surface area contributed by atoms with Crippen molar-refractivity contribution in [3.63, 3.8) is 0 Å². The van der Waals surface area contributed by atoms with Crippen LogP contribution in [0.3, 0.4) is 0 Å². The van der Waals surface area contributed by atoms with Crippen molar-refractivity contribution in [2.24, 2.45) is 0 Å². The van der Waals surface area contributed by atoms with Crippen LogP contribution in [0.4, 0.5) is 0 Å². The third-order valence-electron chi connectivity index (χ3n) is 1.75. The van der Waals surface area contributed by atoms with Crippen LogP contribution in [0.5, 0.6) is 0 Å². The Morgan fingerprint density at radius 3 is 2.83 bits per heavy atom. The molecule has 2 nitrogen and oxygen atoms in total. The number of hydrogen-bond acceptors (Lipinski definition) is 3. The van der Waals surface area contributed by atoms with E-state index in [-0.39, 0.29) is 0 Å². The van der Waals surface area contributed by atoms with Gasteiger partial charge in [-0.15, -0.1) is 11.8 Å². The lowest BCUT2D eigenvalue weighted by Crippen LogP contribution is -2.48. The van der Waals surface area contributed by atoms with Gasteiger partial charge in [-0.3, -0.25) is 0 Å². The third kappa shape index (κ3) is 2.14. The van der Waals surface area contributed by atoms with Crippen molar-refractivity contribution in [2.75, 3.05) is 6.26 Å². The predicted molar refractivity (Wildman–Crippen MR) is 59.2 cm³/mol. The molecule has 0 fully saturated rings. The molecule has 0 bridgehead atoms. The topological polar surface area (TPSA) is 15.3 Å². The first-order chi connectivity index (χ1) is 5.65. The van der Waals surface area contributed by atoms with E-state index in [2.05, 4.69) is 36.5 Å². The molecule has 0 aliphatic carbocycles. The number of nitrogens with one attached hydrogen (secondary N) is 1. The SMILES string of the molecule is CSC1NC(=S)C=CN1C(C)C. The van der Waals surface area contributed by atoms with E-state index in [0.717, 1.165) is 4.99 Å². The van der Waals surface area contributed by atoms with E-state index in [1.807, 2.05) is 6.08 Å². The molecule has 0 saturated carbocycles. The summed E-state index contributed by atoms with van der Waals surface area (Å²) in [5.74, 6) is 0. The minimum absolute atomic E-state index is 0.294. The van der Waals surface area contributed by atoms with Crippen molar-refractivity contribution < 1.29 is 0 Å². The van der Waals surface area contributed by atoms with E-state index in [0.29, 0.717) is 11.5 Å². The van der Waals surface area contributed by atoms with Crippen LogP contribution >= 0.6 is 24.0 Å². The van der Waals surface area contributed by atoms with E-state index in [1.165, 1.54) is 0 Å². The largest absolute Gasteiger partial charge is 0.348 e. The fourth-order valence-corrected chi connectivity index (χ4v) is 2.15. The lowest BCUT2D eigenvalue weighted by atomic mass is 10.3. The number of nitrogens with zero attached hydrogens (tertiary/aromatic N) is 1. The summed E-state index contributed by atoms with van der Waals surface area (Å²) in [6.07, 6.45) is 6.07. The van der Waals surface area contributed by atoms with Crippen molar-refractivity contribution >= 4 is 29.0 Å². The van der Waals surface area contributed by atoms with E-state index in [4.69, 9.17) is 12.2 Å². The Bertz CT molecular complexity index is 201. The number of thioether (sulfide) groups is 1. The van der Waals surface area contributed by atoms with Gasteiger partial charge in [-0.1, -0.05) is 12.2 Å². The van der Waals surface area contributed by atoms with E-state index in [9.17, 15) is 0 Å². The molecule has 0 aromatic carbocycles. The summed E-state index contributed by atoms with van der Waals surface area (Å²) in [5.41, 5.74) is 0.294. The highest BCUT2D eigenvalue weighted by molar-refractivity contribution is 7.99. The fraction of sp³-hybridized carbons (Fsp3) is 0.625. The molecule has 4 heteroatoms. The van der Waals surface area contributed by atoms with Crippen molar-refractivity contribution in [1.82, 2.24) is 10.2 Å². The zero-order valence-electron chi connectivity index (χ0n) is 7.57. The maximum atomic E-state index is 5.05. The van der Waals surface area contributed by atoms with Crippen molar-refractivity contribution in [1.29, 1.82) is 0 Å². The van der Waals surface area contributed by atoms with Crippen molar-refractivity contribution in [2.45, 2.75) is 25.4 Å². The molecule has 0 saturated heterocycles. The molecule has 1 unspecified atom stereocenters. The standard InChI is InChI=1S/C8H14N2S2/c1-6(2)10-5-4-7(11)9-8(10)12-3/h4-6,8H,1-3H3,(H,9,11). The monoisotopic (exact) mass is 202 g/mol. The molecular weight excluding hydrogens is 188 g/mol. The molecule has 1 aliphatic heterocycles. The average Bonchev–Trinajstić information content (AvgIpc) is 2.03. The van der Waals surface area contributed by atoms with Crippen LogP contribution in [0.1, 0.15) is 13.8 Å². The Labute approximate surface area is 83.4 Å². The minimum atomic E-state index is 0.294. The van der Waals surface area contributed by atoms with Gasteiger partial charge in [0.15, 0.2) is 0 Å². The Morgan fingerprint density at radius 1 is 1.67 bits per heavy atom. The van der Waals surface area contributed by atoms with E-state index >= 15 is 0 Å². The number of thiocarbonyl (C=S) groups is 1. The van der Waals surface area contributed by atoms with Gasteiger partial charge in [0.25, 0.3) is 0 Å². The normalized spacial score (nSPS) is 23.2. The second-order valence-corrected chi connectivity index (χ2v) is 4.31. The van der Waals surface area contributed by atoms with Gasteiger partial charge < -0.3 is 10.2 Å². The van der Waals surface area contributed by atoms with Gasteiger partial charge in [-0.05, 0) is 26.2 Å². The Hall–Kier alpha value is -0.220. The summed E-state index contributed by atoms with van der Waals surface area (Å²) in [6.45, 7) is 4.34. The summed E-state index contributed by atoms with van der Waals surface area (Å²) in [5, 5.41) is 3.23. The minimum Gasteiger partial charge on any atom is -0.348 e. The van der Waals surface area contributed by atoms with Gasteiger partial charge in [-0.2, -0.15) is 0 Å². The highest BCUT2D eigenvalue weighted by atomic mass is 32.2. The Morgan fingerprint density at radius 2 is 2.33 bits per heavy atom. The van der Waals surface area contributed by atoms with Crippen LogP contribution in [0.15, 0.2) is 12.3 Å². The van der Waals surface area contributed by atoms with Gasteiger partial charge in [0.1, 0.15) is 10.5 Å². The summed E-state index contributed by atoms with van der Waals surface area (Å²) < 4.78 is 0. The molecule has 1 atom stereocenters. The second kappa shape index (κ2) is 4.14. The highest BCUT2D eigenvalue weighted by Gasteiger charge is 2.19. The highest BCUT2D eigenvalue weighted by Crippen LogP contribution is 2.16. The molecule has 0 aromatic heterocycles. The zero-order valence-corrected chi connectivity index (χ0v) is 9.21. The van der Waals surface area contributed by atoms with Gasteiger partial charge in [0.2, 0.25) is 0 Å². The lowest BCUT2D eigenvalue weighted by molar-refractivity contribution is 0.277. The molecule has 0 spiro atoms. The van der Waals surface area contributed by atoms with Gasteiger partial charge in [-0.25, -0.2) is 0 Å². The zero-order chi connectivity index (χ0) is 9.14. The van der Waals surface area contributed by atoms with Crippen LogP contribution in [0, 0.1) is 0 Å². The van der Waals surface area contributed by atoms with Crippen molar-refractivity contribution in [3.05, 3.63) is 12.3 Å².